The van der Waals surface area contributed by atoms with E-state index in [2.05, 4.69) is 209 Å². The van der Waals surface area contributed by atoms with Crippen molar-refractivity contribution in [2.45, 2.75) is 119 Å². The standard InChI is InChI=1S/C44H50Br4/c1-23-15-25(41(3,4)5)19-31(45)35(23)39-37-29(17-27(21-33(37)47)43(9,10)11)30-18-28(44(12,13)14)22-34(48)38(30)40(39)36-24(2)16-26(20-32(36)46)42(6,7)8/h15-22H,1-14H3. The summed E-state index contributed by atoms with van der Waals surface area (Å²) in [5.41, 5.74) is 12.7. The number of hydrogen-bond donors (Lipinski definition) is 0. The van der Waals surface area contributed by atoms with E-state index in [0.717, 1.165) is 17.9 Å². The van der Waals surface area contributed by atoms with Crippen LogP contribution in [0.2, 0.25) is 0 Å². The van der Waals surface area contributed by atoms with Gasteiger partial charge in [-0.25, -0.2) is 0 Å². The van der Waals surface area contributed by atoms with Crippen LogP contribution in [0.15, 0.2) is 66.4 Å². The van der Waals surface area contributed by atoms with Gasteiger partial charge in [0.2, 0.25) is 0 Å². The van der Waals surface area contributed by atoms with Gasteiger partial charge in [0.1, 0.15) is 0 Å². The summed E-state index contributed by atoms with van der Waals surface area (Å²) in [5, 5.41) is 5.01. The van der Waals surface area contributed by atoms with Crippen LogP contribution in [0.4, 0.5) is 0 Å². The maximum absolute atomic E-state index is 4.19. The first-order valence-electron chi connectivity index (χ1n) is 16.9. The lowest BCUT2D eigenvalue weighted by Crippen LogP contribution is -2.13. The molecule has 4 heteroatoms. The Morgan fingerprint density at radius 1 is 0.333 bits per heavy atom. The Morgan fingerprint density at radius 2 is 0.583 bits per heavy atom. The Morgan fingerprint density at radius 3 is 0.833 bits per heavy atom. The van der Waals surface area contributed by atoms with Gasteiger partial charge in [0.05, 0.1) is 0 Å². The molecule has 254 valence electrons. The lowest BCUT2D eigenvalue weighted by Gasteiger charge is -2.29. The maximum Gasteiger partial charge on any atom is 0.0263 e. The fourth-order valence-corrected chi connectivity index (χ4v) is 9.58. The molecule has 5 aromatic rings. The van der Waals surface area contributed by atoms with Gasteiger partial charge in [0.25, 0.3) is 0 Å². The molecule has 0 saturated heterocycles. The van der Waals surface area contributed by atoms with Crippen molar-refractivity contribution in [3.8, 4) is 22.3 Å². The van der Waals surface area contributed by atoms with Gasteiger partial charge in [-0.2, -0.15) is 0 Å². The molecule has 5 rings (SSSR count). The second kappa shape index (κ2) is 12.6. The lowest BCUT2D eigenvalue weighted by molar-refractivity contribution is 0.589. The Kier molecular flexibility index (Phi) is 9.95. The molecule has 0 fully saturated rings. The van der Waals surface area contributed by atoms with E-state index in [1.165, 1.54) is 77.2 Å². The molecule has 0 aliphatic carbocycles. The van der Waals surface area contributed by atoms with Crippen LogP contribution < -0.4 is 0 Å². The molecule has 0 radical (unpaired) electrons. The molecule has 0 bridgehead atoms. The van der Waals surface area contributed by atoms with Gasteiger partial charge in [0, 0.05) is 50.9 Å². The summed E-state index contributed by atoms with van der Waals surface area (Å²) in [5.74, 6) is 0. The molecule has 0 atom stereocenters. The van der Waals surface area contributed by atoms with Crippen LogP contribution in [0.25, 0.3) is 43.8 Å². The quantitative estimate of drug-likeness (QED) is 0.155. The molecule has 0 unspecified atom stereocenters. The summed E-state index contributed by atoms with van der Waals surface area (Å²) >= 11 is 16.7. The zero-order valence-corrected chi connectivity index (χ0v) is 37.5. The van der Waals surface area contributed by atoms with E-state index in [9.17, 15) is 0 Å². The first-order chi connectivity index (χ1) is 21.8. The summed E-state index contributed by atoms with van der Waals surface area (Å²) in [6.45, 7) is 32.1. The number of hydrogen-bond acceptors (Lipinski definition) is 0. The predicted octanol–water partition coefficient (Wildman–Crippen LogP) is 16.2. The molecule has 0 heterocycles. The van der Waals surface area contributed by atoms with Crippen molar-refractivity contribution in [2.75, 3.05) is 0 Å². The largest absolute Gasteiger partial charge is 0.0561 e. The van der Waals surface area contributed by atoms with Gasteiger partial charge < -0.3 is 0 Å². The van der Waals surface area contributed by atoms with E-state index in [-0.39, 0.29) is 21.7 Å². The van der Waals surface area contributed by atoms with Crippen molar-refractivity contribution in [1.82, 2.24) is 0 Å². The average molecular weight is 898 g/mol. The minimum absolute atomic E-state index is 0.0198. The highest BCUT2D eigenvalue weighted by molar-refractivity contribution is 9.11. The van der Waals surface area contributed by atoms with Crippen molar-refractivity contribution in [3.63, 3.8) is 0 Å². The zero-order valence-electron chi connectivity index (χ0n) is 31.1. The molecule has 0 saturated carbocycles. The number of benzene rings is 5. The van der Waals surface area contributed by atoms with Crippen LogP contribution in [-0.2, 0) is 21.7 Å². The molecule has 0 aromatic heterocycles. The van der Waals surface area contributed by atoms with Gasteiger partial charge in [-0.15, -0.1) is 0 Å². The monoisotopic (exact) mass is 894 g/mol. The minimum Gasteiger partial charge on any atom is -0.0561 e. The van der Waals surface area contributed by atoms with Crippen molar-refractivity contribution >= 4 is 85.3 Å². The van der Waals surface area contributed by atoms with Crippen LogP contribution in [0.5, 0.6) is 0 Å². The molecule has 0 amide bonds. The third-order valence-electron chi connectivity index (χ3n) is 9.76. The number of aryl methyl sites for hydroxylation is 2. The lowest BCUT2D eigenvalue weighted by atomic mass is 9.77. The summed E-state index contributed by atoms with van der Waals surface area (Å²) in [6.07, 6.45) is 0. The second-order valence-corrected chi connectivity index (χ2v) is 21.2. The normalized spacial score (nSPS) is 13.2. The summed E-state index contributed by atoms with van der Waals surface area (Å²) < 4.78 is 4.46. The van der Waals surface area contributed by atoms with Gasteiger partial charge in [-0.3, -0.25) is 0 Å². The highest BCUT2D eigenvalue weighted by Crippen LogP contribution is 2.54. The van der Waals surface area contributed by atoms with Crippen LogP contribution in [0.1, 0.15) is 116 Å². The Balaban J connectivity index is 2.17. The van der Waals surface area contributed by atoms with Crippen molar-refractivity contribution in [2.24, 2.45) is 0 Å². The Bertz CT molecular complexity index is 1900. The molecule has 0 N–H and O–H groups in total. The molecule has 48 heavy (non-hydrogen) atoms. The first-order valence-corrected chi connectivity index (χ1v) is 20.0. The maximum atomic E-state index is 4.19. The molecule has 0 nitrogen and oxygen atoms in total. The minimum atomic E-state index is -0.0198. The Hall–Kier alpha value is -1.46. The van der Waals surface area contributed by atoms with Crippen molar-refractivity contribution in [1.29, 1.82) is 0 Å². The number of halogens is 4. The van der Waals surface area contributed by atoms with Crippen molar-refractivity contribution in [3.05, 3.63) is 99.8 Å². The highest BCUT2D eigenvalue weighted by Gasteiger charge is 2.30. The van der Waals surface area contributed by atoms with Crippen LogP contribution in [0, 0.1) is 13.8 Å². The van der Waals surface area contributed by atoms with E-state index in [1.54, 1.807) is 0 Å². The van der Waals surface area contributed by atoms with Gasteiger partial charge in [-0.05, 0) is 116 Å². The number of fused-ring (bicyclic) bond motifs is 3. The summed E-state index contributed by atoms with van der Waals surface area (Å²) in [7, 11) is 0. The Labute approximate surface area is 323 Å². The molecule has 5 aromatic carbocycles. The van der Waals surface area contributed by atoms with E-state index in [1.807, 2.05) is 0 Å². The first kappa shape index (κ1) is 37.8. The van der Waals surface area contributed by atoms with E-state index in [0.29, 0.717) is 0 Å². The highest BCUT2D eigenvalue weighted by atomic mass is 79.9. The molecular weight excluding hydrogens is 848 g/mol. The summed E-state index contributed by atoms with van der Waals surface area (Å²) in [4.78, 5) is 0. The number of rotatable bonds is 2. The van der Waals surface area contributed by atoms with E-state index >= 15 is 0 Å². The fourth-order valence-electron chi connectivity index (χ4n) is 6.75. The molecule has 0 spiro atoms. The fraction of sp³-hybridized carbons (Fsp3) is 0.409. The third-order valence-corrected chi connectivity index (χ3v) is 12.3. The molecule has 0 aliphatic heterocycles. The van der Waals surface area contributed by atoms with Crippen LogP contribution in [-0.4, -0.2) is 0 Å². The van der Waals surface area contributed by atoms with Gasteiger partial charge in [0.15, 0.2) is 0 Å². The molecular formula is C44H50Br4. The second-order valence-electron chi connectivity index (χ2n) is 17.8. The van der Waals surface area contributed by atoms with Crippen LogP contribution in [0.3, 0.4) is 0 Å². The zero-order chi connectivity index (χ0) is 36.0. The van der Waals surface area contributed by atoms with Crippen LogP contribution >= 0.6 is 63.7 Å². The smallest absolute Gasteiger partial charge is 0.0263 e. The van der Waals surface area contributed by atoms with Gasteiger partial charge in [-0.1, -0.05) is 159 Å². The van der Waals surface area contributed by atoms with E-state index in [4.69, 9.17) is 0 Å². The topological polar surface area (TPSA) is 0 Å². The summed E-state index contributed by atoms with van der Waals surface area (Å²) in [6, 6.07) is 19.0. The van der Waals surface area contributed by atoms with E-state index < -0.39 is 0 Å². The molecule has 0 aliphatic rings. The average Bonchev–Trinajstić information content (AvgIpc) is 2.90. The SMILES string of the molecule is Cc1cc(C(C)(C)C)cc(Br)c1-c1c(-c2c(C)cc(C(C)(C)C)cc2Br)c2c(Br)cc(C(C)(C)C)cc2c2cc(C(C)(C)C)cc(Br)c12. The van der Waals surface area contributed by atoms with Gasteiger partial charge >= 0.3 is 0 Å². The third kappa shape index (κ3) is 6.91. The van der Waals surface area contributed by atoms with Crippen molar-refractivity contribution < 1.29 is 0 Å². The predicted molar refractivity (Wildman–Crippen MR) is 227 cm³/mol.